The Bertz CT molecular complexity index is 251. The fourth-order valence-electron chi connectivity index (χ4n) is 1.75. The molecule has 4 nitrogen and oxygen atoms in total. The maximum atomic E-state index is 11.7. The summed E-state index contributed by atoms with van der Waals surface area (Å²) < 4.78 is 0. The molecule has 1 N–H and O–H groups in total. The molecule has 2 amide bonds. The maximum absolute atomic E-state index is 11.7. The number of nitrogens with one attached hydrogen (secondary N) is 1. The Morgan fingerprint density at radius 2 is 1.62 bits per heavy atom. The molecule has 1 rings (SSSR count). The van der Waals surface area contributed by atoms with Crippen molar-refractivity contribution in [1.29, 1.82) is 0 Å². The minimum atomic E-state index is -0.0155. The summed E-state index contributed by atoms with van der Waals surface area (Å²) >= 11 is 0. The molecule has 92 valence electrons. The van der Waals surface area contributed by atoms with Crippen LogP contribution in [0.15, 0.2) is 0 Å². The predicted molar refractivity (Wildman–Crippen MR) is 62.9 cm³/mol. The van der Waals surface area contributed by atoms with Crippen LogP contribution < -0.4 is 5.32 Å². The summed E-state index contributed by atoms with van der Waals surface area (Å²) in [4.78, 5) is 24.7. The Balaban J connectivity index is 2.43. The first kappa shape index (κ1) is 13.2. The maximum Gasteiger partial charge on any atom is 0.229 e. The highest BCUT2D eigenvalue weighted by molar-refractivity contribution is 5.96. The number of rotatable bonds is 3. The Hall–Kier alpha value is -0.900. The monoisotopic (exact) mass is 226 g/mol. The largest absolute Gasteiger partial charge is 0.310 e. The summed E-state index contributed by atoms with van der Waals surface area (Å²) in [6.45, 7) is 7.37. The number of hydrogen-bond acceptors (Lipinski definition) is 3. The average molecular weight is 226 g/mol. The Labute approximate surface area is 97.4 Å². The molecule has 0 unspecified atom stereocenters. The first-order valence-corrected chi connectivity index (χ1v) is 5.98. The van der Waals surface area contributed by atoms with Crippen molar-refractivity contribution in [2.24, 2.45) is 0 Å². The number of carbonyl (C=O) groups excluding carboxylic acids is 2. The first-order valence-electron chi connectivity index (χ1n) is 5.98. The molecule has 0 aromatic heterocycles. The van der Waals surface area contributed by atoms with Crippen LogP contribution in [0.5, 0.6) is 0 Å². The van der Waals surface area contributed by atoms with Crippen LogP contribution in [-0.2, 0) is 9.59 Å². The van der Waals surface area contributed by atoms with Crippen LogP contribution in [0, 0.1) is 0 Å². The van der Waals surface area contributed by atoms with Gasteiger partial charge in [-0.1, -0.05) is 0 Å². The smallest absolute Gasteiger partial charge is 0.229 e. The SMILES string of the molecule is CC(C)(C)NCCN1C(=O)CCCCC1=O. The number of likely N-dealkylation sites (tertiary alicyclic amines) is 1. The second kappa shape index (κ2) is 5.43. The second-order valence-electron chi connectivity index (χ2n) is 5.32. The molecule has 0 atom stereocenters. The van der Waals surface area contributed by atoms with Gasteiger partial charge in [0, 0.05) is 31.5 Å². The van der Waals surface area contributed by atoms with E-state index < -0.39 is 0 Å². The summed E-state index contributed by atoms with van der Waals surface area (Å²) in [6.07, 6.45) is 2.71. The van der Waals surface area contributed by atoms with E-state index in [4.69, 9.17) is 0 Å². The van der Waals surface area contributed by atoms with E-state index >= 15 is 0 Å². The summed E-state index contributed by atoms with van der Waals surface area (Å²) in [7, 11) is 0. The van der Waals surface area contributed by atoms with E-state index in [9.17, 15) is 9.59 Å². The Kier molecular flexibility index (Phi) is 4.47. The lowest BCUT2D eigenvalue weighted by atomic mass is 10.1. The summed E-state index contributed by atoms with van der Waals surface area (Å²) in [5.41, 5.74) is 0.0257. The van der Waals surface area contributed by atoms with Gasteiger partial charge in [0.15, 0.2) is 0 Å². The van der Waals surface area contributed by atoms with Crippen molar-refractivity contribution in [2.75, 3.05) is 13.1 Å². The lowest BCUT2D eigenvalue weighted by Crippen LogP contribution is -2.44. The zero-order valence-electron chi connectivity index (χ0n) is 10.5. The van der Waals surface area contributed by atoms with Crippen LogP contribution in [0.2, 0.25) is 0 Å². The molecule has 0 saturated carbocycles. The van der Waals surface area contributed by atoms with Gasteiger partial charge < -0.3 is 5.32 Å². The number of imide groups is 1. The third kappa shape index (κ3) is 4.31. The van der Waals surface area contributed by atoms with Crippen molar-refractivity contribution >= 4 is 11.8 Å². The van der Waals surface area contributed by atoms with Crippen LogP contribution >= 0.6 is 0 Å². The van der Waals surface area contributed by atoms with Gasteiger partial charge in [-0.05, 0) is 33.6 Å². The molecule has 0 bridgehead atoms. The van der Waals surface area contributed by atoms with Crippen molar-refractivity contribution in [2.45, 2.75) is 52.0 Å². The molecular formula is C12H22N2O2. The van der Waals surface area contributed by atoms with Crippen LogP contribution in [0.4, 0.5) is 0 Å². The van der Waals surface area contributed by atoms with E-state index in [-0.39, 0.29) is 17.4 Å². The number of carbonyl (C=O) groups is 2. The van der Waals surface area contributed by atoms with E-state index in [1.54, 1.807) is 0 Å². The lowest BCUT2D eigenvalue weighted by Gasteiger charge is -2.24. The number of amides is 2. The van der Waals surface area contributed by atoms with Gasteiger partial charge in [0.25, 0.3) is 0 Å². The molecule has 1 aliphatic heterocycles. The van der Waals surface area contributed by atoms with E-state index in [0.717, 1.165) is 12.8 Å². The Morgan fingerprint density at radius 3 is 2.06 bits per heavy atom. The molecular weight excluding hydrogens is 204 g/mol. The highest BCUT2D eigenvalue weighted by Gasteiger charge is 2.23. The van der Waals surface area contributed by atoms with Gasteiger partial charge in [-0.3, -0.25) is 14.5 Å². The van der Waals surface area contributed by atoms with Crippen molar-refractivity contribution in [1.82, 2.24) is 10.2 Å². The van der Waals surface area contributed by atoms with E-state index in [0.29, 0.717) is 25.9 Å². The minimum absolute atomic E-state index is 0.0155. The number of hydrogen-bond donors (Lipinski definition) is 1. The molecule has 4 heteroatoms. The molecule has 0 aromatic rings. The van der Waals surface area contributed by atoms with Gasteiger partial charge in [0.2, 0.25) is 11.8 Å². The van der Waals surface area contributed by atoms with Gasteiger partial charge in [-0.15, -0.1) is 0 Å². The molecule has 1 fully saturated rings. The molecule has 16 heavy (non-hydrogen) atoms. The standard InChI is InChI=1S/C12H22N2O2/c1-12(2,3)13-8-9-14-10(15)6-4-5-7-11(14)16/h13H,4-9H2,1-3H3. The third-order valence-electron chi connectivity index (χ3n) is 2.62. The van der Waals surface area contributed by atoms with Crippen LogP contribution in [0.1, 0.15) is 46.5 Å². The highest BCUT2D eigenvalue weighted by Crippen LogP contribution is 2.12. The molecule has 0 radical (unpaired) electrons. The van der Waals surface area contributed by atoms with Crippen LogP contribution in [0.25, 0.3) is 0 Å². The summed E-state index contributed by atoms with van der Waals surface area (Å²) in [6, 6.07) is 0. The quantitative estimate of drug-likeness (QED) is 0.738. The zero-order chi connectivity index (χ0) is 12.2. The molecule has 0 aliphatic carbocycles. The minimum Gasteiger partial charge on any atom is -0.310 e. The normalized spacial score (nSPS) is 18.8. The van der Waals surface area contributed by atoms with Gasteiger partial charge in [0.05, 0.1) is 0 Å². The average Bonchev–Trinajstić information content (AvgIpc) is 2.30. The molecule has 1 aliphatic rings. The molecule has 1 saturated heterocycles. The van der Waals surface area contributed by atoms with Gasteiger partial charge in [-0.2, -0.15) is 0 Å². The van der Waals surface area contributed by atoms with Crippen LogP contribution in [0.3, 0.4) is 0 Å². The topological polar surface area (TPSA) is 49.4 Å². The molecule has 0 aromatic carbocycles. The second-order valence-corrected chi connectivity index (χ2v) is 5.32. The van der Waals surface area contributed by atoms with Gasteiger partial charge in [0.1, 0.15) is 0 Å². The number of nitrogens with zero attached hydrogens (tertiary/aromatic N) is 1. The van der Waals surface area contributed by atoms with Gasteiger partial charge >= 0.3 is 0 Å². The fraction of sp³-hybridized carbons (Fsp3) is 0.833. The van der Waals surface area contributed by atoms with Gasteiger partial charge in [-0.25, -0.2) is 0 Å². The fourth-order valence-corrected chi connectivity index (χ4v) is 1.75. The predicted octanol–water partition coefficient (Wildman–Crippen LogP) is 1.30. The third-order valence-corrected chi connectivity index (χ3v) is 2.62. The summed E-state index contributed by atoms with van der Waals surface area (Å²) in [5.74, 6) is -0.0311. The van der Waals surface area contributed by atoms with E-state index in [2.05, 4.69) is 26.1 Å². The molecule has 0 spiro atoms. The van der Waals surface area contributed by atoms with Crippen molar-refractivity contribution in [3.8, 4) is 0 Å². The van der Waals surface area contributed by atoms with E-state index in [1.165, 1.54) is 4.90 Å². The van der Waals surface area contributed by atoms with E-state index in [1.807, 2.05) is 0 Å². The van der Waals surface area contributed by atoms with Crippen LogP contribution in [-0.4, -0.2) is 35.3 Å². The summed E-state index contributed by atoms with van der Waals surface area (Å²) in [5, 5.41) is 3.28. The first-order chi connectivity index (χ1) is 7.40. The van der Waals surface area contributed by atoms with Crippen molar-refractivity contribution < 1.29 is 9.59 Å². The lowest BCUT2D eigenvalue weighted by molar-refractivity contribution is -0.143. The van der Waals surface area contributed by atoms with Crippen molar-refractivity contribution in [3.63, 3.8) is 0 Å². The van der Waals surface area contributed by atoms with Crippen molar-refractivity contribution in [3.05, 3.63) is 0 Å². The molecule has 1 heterocycles. The zero-order valence-corrected chi connectivity index (χ0v) is 10.5. The Morgan fingerprint density at radius 1 is 1.12 bits per heavy atom. The highest BCUT2D eigenvalue weighted by atomic mass is 16.2.